The number of methoxy groups -OCH3 is 1. The van der Waals surface area contributed by atoms with Gasteiger partial charge in [-0.1, -0.05) is 47.6 Å². The van der Waals surface area contributed by atoms with Crippen LogP contribution in [0.1, 0.15) is 11.1 Å². The van der Waals surface area contributed by atoms with E-state index in [-0.39, 0.29) is 12.4 Å². The third kappa shape index (κ3) is 5.07. The van der Waals surface area contributed by atoms with Crippen LogP contribution in [0.25, 0.3) is 0 Å². The van der Waals surface area contributed by atoms with Crippen LogP contribution in [-0.4, -0.2) is 21.2 Å². The van der Waals surface area contributed by atoms with E-state index < -0.39 is 8.07 Å². The summed E-state index contributed by atoms with van der Waals surface area (Å²) in [6, 6.07) is 5.80. The van der Waals surface area contributed by atoms with Crippen molar-refractivity contribution in [3.8, 4) is 11.5 Å². The average Bonchev–Trinajstić information content (AvgIpc) is 2.28. The summed E-state index contributed by atoms with van der Waals surface area (Å²) >= 11 is 3.46. The number of carbonyl (C=O) groups excluding carboxylic acids is 1. The molecular weight excluding hydrogens is 308 g/mol. The molecule has 0 aliphatic rings. The molecule has 1 rings (SSSR count). The van der Waals surface area contributed by atoms with Crippen LogP contribution in [0.3, 0.4) is 0 Å². The van der Waals surface area contributed by atoms with Crippen LogP contribution in [0.4, 0.5) is 0 Å². The number of esters is 1. The summed E-state index contributed by atoms with van der Waals surface area (Å²) < 4.78 is 5.55. The maximum atomic E-state index is 11.2. The van der Waals surface area contributed by atoms with Gasteiger partial charge in [-0.3, -0.25) is 4.79 Å². The van der Waals surface area contributed by atoms with Crippen molar-refractivity contribution in [2.75, 3.05) is 7.11 Å². The lowest BCUT2D eigenvalue weighted by Gasteiger charge is -2.05. The Bertz CT molecular complexity index is 507. The summed E-state index contributed by atoms with van der Waals surface area (Å²) in [4.78, 5) is 11.2. The fourth-order valence-corrected chi connectivity index (χ4v) is 2.29. The number of hydrogen-bond acceptors (Lipinski definition) is 2. The Morgan fingerprint density at radius 1 is 1.39 bits per heavy atom. The minimum Gasteiger partial charge on any atom is -0.469 e. The number of carbonyl (C=O) groups is 1. The van der Waals surface area contributed by atoms with Crippen LogP contribution in [0.15, 0.2) is 22.7 Å². The Kier molecular flexibility index (Phi) is 5.18. The van der Waals surface area contributed by atoms with Crippen molar-refractivity contribution in [3.63, 3.8) is 0 Å². The molecule has 0 fully saturated rings. The van der Waals surface area contributed by atoms with E-state index in [0.717, 1.165) is 15.6 Å². The molecule has 0 heterocycles. The molecule has 0 spiro atoms. The molecule has 4 heteroatoms. The van der Waals surface area contributed by atoms with Crippen LogP contribution in [0, 0.1) is 11.5 Å². The molecule has 0 amide bonds. The van der Waals surface area contributed by atoms with Gasteiger partial charge >= 0.3 is 5.97 Å². The molecule has 0 radical (unpaired) electrons. The topological polar surface area (TPSA) is 26.3 Å². The van der Waals surface area contributed by atoms with Gasteiger partial charge in [0.1, 0.15) is 8.07 Å². The summed E-state index contributed by atoms with van der Waals surface area (Å²) in [5, 5.41) is 0. The van der Waals surface area contributed by atoms with Gasteiger partial charge in [0.15, 0.2) is 0 Å². The van der Waals surface area contributed by atoms with Crippen LogP contribution >= 0.6 is 15.9 Å². The molecule has 0 N–H and O–H groups in total. The lowest BCUT2D eigenvalue weighted by molar-refractivity contribution is -0.139. The maximum absolute atomic E-state index is 11.2. The van der Waals surface area contributed by atoms with Gasteiger partial charge in [-0.2, -0.15) is 0 Å². The Morgan fingerprint density at radius 3 is 2.56 bits per heavy atom. The van der Waals surface area contributed by atoms with E-state index >= 15 is 0 Å². The molecule has 0 saturated heterocycles. The molecule has 0 aliphatic heterocycles. The van der Waals surface area contributed by atoms with Crippen LogP contribution in [0.5, 0.6) is 0 Å². The first-order chi connectivity index (χ1) is 8.31. The minimum atomic E-state index is -1.35. The largest absolute Gasteiger partial charge is 0.469 e. The van der Waals surface area contributed by atoms with Crippen molar-refractivity contribution in [2.45, 2.75) is 26.1 Å². The maximum Gasteiger partial charge on any atom is 0.310 e. The second-order valence-electron chi connectivity index (χ2n) is 5.06. The van der Waals surface area contributed by atoms with E-state index in [2.05, 4.69) is 51.8 Å². The molecule has 0 unspecified atom stereocenters. The minimum absolute atomic E-state index is 0.239. The Balaban J connectivity index is 2.91. The number of hydrogen-bond donors (Lipinski definition) is 0. The zero-order chi connectivity index (χ0) is 13.8. The summed E-state index contributed by atoms with van der Waals surface area (Å²) in [6.45, 7) is 6.63. The van der Waals surface area contributed by atoms with Crippen LogP contribution < -0.4 is 0 Å². The second kappa shape index (κ2) is 6.21. The van der Waals surface area contributed by atoms with E-state index in [1.165, 1.54) is 7.11 Å². The first kappa shape index (κ1) is 15.0. The SMILES string of the molecule is COC(=O)Cc1ccc(C#C[Si](C)(C)C)cc1Br. The zero-order valence-corrected chi connectivity index (χ0v) is 13.7. The number of ether oxygens (including phenoxy) is 1. The summed E-state index contributed by atoms with van der Waals surface area (Å²) in [5.41, 5.74) is 5.20. The van der Waals surface area contributed by atoms with Crippen molar-refractivity contribution in [3.05, 3.63) is 33.8 Å². The monoisotopic (exact) mass is 324 g/mol. The van der Waals surface area contributed by atoms with Crippen molar-refractivity contribution >= 4 is 30.0 Å². The van der Waals surface area contributed by atoms with Crippen molar-refractivity contribution < 1.29 is 9.53 Å². The molecule has 0 saturated carbocycles. The first-order valence-corrected chi connectivity index (χ1v) is 9.99. The van der Waals surface area contributed by atoms with Gasteiger partial charge in [-0.25, -0.2) is 0 Å². The van der Waals surface area contributed by atoms with Gasteiger partial charge in [0, 0.05) is 10.0 Å². The summed E-state index contributed by atoms with van der Waals surface area (Å²) in [5.74, 6) is 2.95. The van der Waals surface area contributed by atoms with Gasteiger partial charge < -0.3 is 4.74 Å². The van der Waals surface area contributed by atoms with E-state index in [1.54, 1.807) is 0 Å². The van der Waals surface area contributed by atoms with Crippen molar-refractivity contribution in [1.82, 2.24) is 0 Å². The lowest BCUT2D eigenvalue weighted by atomic mass is 10.1. The first-order valence-electron chi connectivity index (χ1n) is 5.70. The van der Waals surface area contributed by atoms with Crippen LogP contribution in [-0.2, 0) is 16.0 Å². The van der Waals surface area contributed by atoms with Gasteiger partial charge in [-0.15, -0.1) is 5.54 Å². The highest BCUT2D eigenvalue weighted by Gasteiger charge is 2.09. The molecule has 0 atom stereocenters. The van der Waals surface area contributed by atoms with E-state index in [4.69, 9.17) is 0 Å². The number of halogens is 1. The highest BCUT2D eigenvalue weighted by atomic mass is 79.9. The van der Waals surface area contributed by atoms with E-state index in [0.29, 0.717) is 0 Å². The highest BCUT2D eigenvalue weighted by Crippen LogP contribution is 2.19. The van der Waals surface area contributed by atoms with Gasteiger partial charge in [-0.05, 0) is 17.7 Å². The molecule has 0 aliphatic carbocycles. The molecule has 1 aromatic rings. The third-order valence-electron chi connectivity index (χ3n) is 2.20. The highest BCUT2D eigenvalue weighted by molar-refractivity contribution is 9.10. The predicted molar refractivity (Wildman–Crippen MR) is 80.1 cm³/mol. The van der Waals surface area contributed by atoms with Gasteiger partial charge in [0.25, 0.3) is 0 Å². The molecule has 96 valence electrons. The van der Waals surface area contributed by atoms with Gasteiger partial charge in [0.05, 0.1) is 13.5 Å². The van der Waals surface area contributed by atoms with Crippen molar-refractivity contribution in [2.24, 2.45) is 0 Å². The molecule has 2 nitrogen and oxygen atoms in total. The second-order valence-corrected chi connectivity index (χ2v) is 10.7. The molecule has 0 bridgehead atoms. The molecule has 0 aromatic heterocycles. The fourth-order valence-electron chi connectivity index (χ4n) is 1.26. The quantitative estimate of drug-likeness (QED) is 0.473. The summed E-state index contributed by atoms with van der Waals surface area (Å²) in [7, 11) is 0.0394. The van der Waals surface area contributed by atoms with E-state index in [9.17, 15) is 4.79 Å². The summed E-state index contributed by atoms with van der Waals surface area (Å²) in [6.07, 6.45) is 0.277. The fraction of sp³-hybridized carbons (Fsp3) is 0.357. The number of rotatable bonds is 2. The smallest absolute Gasteiger partial charge is 0.310 e. The normalized spacial score (nSPS) is 10.5. The Morgan fingerprint density at radius 2 is 2.06 bits per heavy atom. The third-order valence-corrected chi connectivity index (χ3v) is 3.81. The molecule has 1 aromatic carbocycles. The van der Waals surface area contributed by atoms with Gasteiger partial charge in [0.2, 0.25) is 0 Å². The van der Waals surface area contributed by atoms with Crippen LogP contribution in [0.2, 0.25) is 19.6 Å². The number of benzene rings is 1. The molecular formula is C14H17BrO2Si. The molecule has 18 heavy (non-hydrogen) atoms. The average molecular weight is 325 g/mol. The Labute approximate surface area is 118 Å². The van der Waals surface area contributed by atoms with Crippen molar-refractivity contribution in [1.29, 1.82) is 0 Å². The standard InChI is InChI=1S/C14H17BrO2Si/c1-17-14(16)10-12-6-5-11(9-13(12)15)7-8-18(2,3)4/h5-6,9H,10H2,1-4H3. The predicted octanol–water partition coefficient (Wildman–Crippen LogP) is 3.39. The van der Waals surface area contributed by atoms with E-state index in [1.807, 2.05) is 18.2 Å². The Hall–Kier alpha value is -1.05. The lowest BCUT2D eigenvalue weighted by Crippen LogP contribution is -2.16. The zero-order valence-electron chi connectivity index (χ0n) is 11.1.